The van der Waals surface area contributed by atoms with Crippen LogP contribution in [0.1, 0.15) is 34.1 Å². The molecule has 0 spiro atoms. The molecule has 0 saturated heterocycles. The lowest BCUT2D eigenvalue weighted by Gasteiger charge is -2.23. The topological polar surface area (TPSA) is 24.8 Å². The van der Waals surface area contributed by atoms with Crippen LogP contribution in [0.2, 0.25) is 0 Å². The summed E-state index contributed by atoms with van der Waals surface area (Å²) in [5.41, 5.74) is 3.95. The van der Waals surface area contributed by atoms with Gasteiger partial charge >= 0.3 is 0 Å². The Kier molecular flexibility index (Phi) is 8.48. The van der Waals surface area contributed by atoms with Gasteiger partial charge in [-0.3, -0.25) is 0 Å². The van der Waals surface area contributed by atoms with Crippen LogP contribution in [0.3, 0.4) is 0 Å². The van der Waals surface area contributed by atoms with E-state index in [2.05, 4.69) is 25.0 Å². The third kappa shape index (κ3) is 6.46. The minimum Gasteiger partial charge on any atom is -0.494 e. The average Bonchev–Trinajstić information content (AvgIpc) is 2.58. The highest BCUT2D eigenvalue weighted by atomic mass is 16.5. The molecule has 0 bridgehead atoms. The third-order valence-electron chi connectivity index (χ3n) is 3.44. The van der Waals surface area contributed by atoms with Gasteiger partial charge in [-0.2, -0.15) is 0 Å². The van der Waals surface area contributed by atoms with E-state index in [-0.39, 0.29) is 0 Å². The van der Waals surface area contributed by atoms with E-state index in [9.17, 15) is 0 Å². The summed E-state index contributed by atoms with van der Waals surface area (Å²) in [5.74, 6) is 1.74. The van der Waals surface area contributed by atoms with Gasteiger partial charge in [0.05, 0.1) is 6.61 Å². The number of ether oxygens (including phenoxy) is 1. The summed E-state index contributed by atoms with van der Waals surface area (Å²) in [4.78, 5) is 6.81. The number of hydrogen-bond acceptors (Lipinski definition) is 3. The van der Waals surface area contributed by atoms with Crippen LogP contribution in [0.5, 0.6) is 5.75 Å². The highest BCUT2D eigenvalue weighted by Gasteiger charge is 2.12. The number of aliphatic imine (C=N–C) groups is 1. The lowest BCUT2D eigenvalue weighted by molar-refractivity contribution is 0.317. The fourth-order valence-corrected chi connectivity index (χ4v) is 2.21. The summed E-state index contributed by atoms with van der Waals surface area (Å²) in [6, 6.07) is 8.06. The lowest BCUT2D eigenvalue weighted by atomic mass is 10.1. The maximum atomic E-state index is 5.66. The summed E-state index contributed by atoms with van der Waals surface area (Å²) < 4.78 is 5.66. The number of benzene rings is 1. The van der Waals surface area contributed by atoms with Crippen LogP contribution in [0.15, 0.2) is 77.6 Å². The molecule has 0 fully saturated rings. The van der Waals surface area contributed by atoms with Crippen molar-refractivity contribution in [2.24, 2.45) is 4.99 Å². The maximum absolute atomic E-state index is 5.66. The molecule has 0 aliphatic rings. The predicted molar refractivity (Wildman–Crippen MR) is 111 cm³/mol. The zero-order valence-electron chi connectivity index (χ0n) is 16.2. The number of nitrogens with zero attached hydrogens (tertiary/aromatic N) is 2. The molecule has 0 aliphatic heterocycles. The van der Waals surface area contributed by atoms with Crippen molar-refractivity contribution in [3.63, 3.8) is 0 Å². The summed E-state index contributed by atoms with van der Waals surface area (Å²) in [5, 5.41) is 0. The first-order valence-corrected chi connectivity index (χ1v) is 8.58. The molecule has 0 saturated carbocycles. The molecule has 25 heavy (non-hydrogen) atoms. The Morgan fingerprint density at radius 2 is 1.84 bits per heavy atom. The third-order valence-corrected chi connectivity index (χ3v) is 3.44. The second kappa shape index (κ2) is 10.3. The van der Waals surface area contributed by atoms with Gasteiger partial charge in [-0.25, -0.2) is 4.99 Å². The van der Waals surface area contributed by atoms with Crippen molar-refractivity contribution in [2.45, 2.75) is 34.1 Å². The largest absolute Gasteiger partial charge is 0.494 e. The van der Waals surface area contributed by atoms with E-state index in [4.69, 9.17) is 9.73 Å². The molecule has 0 radical (unpaired) electrons. The first kappa shape index (κ1) is 20.5. The molecule has 0 unspecified atom stereocenters. The van der Waals surface area contributed by atoms with Gasteiger partial charge in [0.15, 0.2) is 0 Å². The smallest absolute Gasteiger partial charge is 0.140 e. The van der Waals surface area contributed by atoms with Crippen molar-refractivity contribution in [2.75, 3.05) is 18.6 Å². The Hall–Kier alpha value is -2.55. The van der Waals surface area contributed by atoms with Crippen LogP contribution in [0.25, 0.3) is 0 Å². The Labute approximate surface area is 152 Å². The maximum Gasteiger partial charge on any atom is 0.140 e. The zero-order valence-corrected chi connectivity index (χ0v) is 16.2. The Balaban J connectivity index is 3.30. The van der Waals surface area contributed by atoms with E-state index < -0.39 is 0 Å². The van der Waals surface area contributed by atoms with Gasteiger partial charge in [-0.1, -0.05) is 38.3 Å². The van der Waals surface area contributed by atoms with Crippen molar-refractivity contribution in [1.82, 2.24) is 0 Å². The standard InChI is InChI=1S/C22H30N2O/c1-8-10-11-21(17(3)4)22(23-18(5)6)24(7)19-12-14-20(15-13-19)25-16-9-2/h8,10-15H,1,3,9,16H2,2,4-7H3/b11-10-,22-21+. The van der Waals surface area contributed by atoms with Crippen molar-refractivity contribution >= 4 is 11.4 Å². The molecule has 3 nitrogen and oxygen atoms in total. The van der Waals surface area contributed by atoms with Crippen LogP contribution in [0.4, 0.5) is 5.69 Å². The molecule has 3 heteroatoms. The highest BCUT2D eigenvalue weighted by Crippen LogP contribution is 2.26. The van der Waals surface area contributed by atoms with Crippen LogP contribution >= 0.6 is 0 Å². The minimum atomic E-state index is 0.728. The minimum absolute atomic E-state index is 0.728. The molecule has 0 amide bonds. The summed E-state index contributed by atoms with van der Waals surface area (Å²) >= 11 is 0. The quantitative estimate of drug-likeness (QED) is 0.412. The number of rotatable bonds is 9. The molecule has 134 valence electrons. The Morgan fingerprint density at radius 1 is 1.20 bits per heavy atom. The van der Waals surface area contributed by atoms with Gasteiger partial charge in [0.2, 0.25) is 0 Å². The van der Waals surface area contributed by atoms with Crippen LogP contribution < -0.4 is 9.64 Å². The summed E-state index contributed by atoms with van der Waals surface area (Å²) in [7, 11) is 2.01. The molecule has 0 N–H and O–H groups in total. The van der Waals surface area contributed by atoms with Gasteiger partial charge in [0.1, 0.15) is 11.6 Å². The van der Waals surface area contributed by atoms with Gasteiger partial charge < -0.3 is 9.64 Å². The summed E-state index contributed by atoms with van der Waals surface area (Å²) in [6.45, 7) is 16.6. The molecule has 1 aromatic carbocycles. The fourth-order valence-electron chi connectivity index (χ4n) is 2.21. The monoisotopic (exact) mass is 338 g/mol. The van der Waals surface area contributed by atoms with Gasteiger partial charge in [-0.15, -0.1) is 0 Å². The van der Waals surface area contributed by atoms with Crippen LogP contribution in [0, 0.1) is 0 Å². The summed E-state index contributed by atoms with van der Waals surface area (Å²) in [6.07, 6.45) is 6.64. The molecule has 0 aliphatic carbocycles. The lowest BCUT2D eigenvalue weighted by Crippen LogP contribution is -2.18. The van der Waals surface area contributed by atoms with E-state index in [1.807, 2.05) is 64.2 Å². The second-order valence-corrected chi connectivity index (χ2v) is 6.07. The Bertz CT molecular complexity index is 674. The van der Waals surface area contributed by atoms with Crippen LogP contribution in [-0.2, 0) is 0 Å². The molecule has 0 atom stereocenters. The van der Waals surface area contributed by atoms with Gasteiger partial charge in [0, 0.05) is 24.0 Å². The van der Waals surface area contributed by atoms with E-state index >= 15 is 0 Å². The highest BCUT2D eigenvalue weighted by molar-refractivity contribution is 5.81. The first-order valence-electron chi connectivity index (χ1n) is 8.58. The predicted octanol–water partition coefficient (Wildman–Crippen LogP) is 5.92. The molecular formula is C22H30N2O. The van der Waals surface area contributed by atoms with Crippen molar-refractivity contribution in [1.29, 1.82) is 0 Å². The normalized spacial score (nSPS) is 11.7. The van der Waals surface area contributed by atoms with E-state index in [0.29, 0.717) is 0 Å². The molecule has 0 aromatic heterocycles. The fraction of sp³-hybridized carbons (Fsp3) is 0.318. The van der Waals surface area contributed by atoms with Crippen molar-refractivity contribution in [3.8, 4) is 5.75 Å². The number of allylic oxidation sites excluding steroid dienone is 5. The van der Waals surface area contributed by atoms with E-state index in [1.165, 1.54) is 0 Å². The number of anilines is 1. The second-order valence-electron chi connectivity index (χ2n) is 6.07. The Morgan fingerprint density at radius 3 is 2.32 bits per heavy atom. The molecule has 1 aromatic rings. The number of hydrogen-bond donors (Lipinski definition) is 0. The SMILES string of the molecule is C=C/C=C\C(C(=C)C)=C(\N=C(C)C)N(C)c1ccc(OCCC)cc1. The van der Waals surface area contributed by atoms with E-state index in [1.54, 1.807) is 6.08 Å². The average molecular weight is 338 g/mol. The van der Waals surface area contributed by atoms with E-state index in [0.717, 1.165) is 47.1 Å². The first-order chi connectivity index (χ1) is 11.9. The zero-order chi connectivity index (χ0) is 18.8. The molecule has 1 rings (SSSR count). The van der Waals surface area contributed by atoms with Crippen molar-refractivity contribution < 1.29 is 4.74 Å². The van der Waals surface area contributed by atoms with Crippen LogP contribution in [-0.4, -0.2) is 19.4 Å². The van der Waals surface area contributed by atoms with Gasteiger partial charge in [0.25, 0.3) is 0 Å². The molecule has 0 heterocycles. The van der Waals surface area contributed by atoms with Gasteiger partial charge in [-0.05, 0) is 57.0 Å². The molecular weight excluding hydrogens is 308 g/mol. The van der Waals surface area contributed by atoms with Crippen molar-refractivity contribution in [3.05, 3.63) is 72.6 Å².